The lowest BCUT2D eigenvalue weighted by atomic mass is 9.77. The second-order valence-corrected chi connectivity index (χ2v) is 7.21. The first-order valence-electron chi connectivity index (χ1n) is 9.42. The molecule has 0 saturated carbocycles. The Morgan fingerprint density at radius 1 is 1.19 bits per heavy atom. The summed E-state index contributed by atoms with van der Waals surface area (Å²) in [5.41, 5.74) is -3.06. The third-order valence-electron chi connectivity index (χ3n) is 5.07. The second-order valence-electron chi connectivity index (χ2n) is 7.21. The Balaban J connectivity index is 2.17. The third-order valence-corrected chi connectivity index (χ3v) is 5.07. The van der Waals surface area contributed by atoms with Crippen LogP contribution in [0.3, 0.4) is 0 Å². The van der Waals surface area contributed by atoms with Crippen molar-refractivity contribution >= 4 is 11.8 Å². The van der Waals surface area contributed by atoms with Crippen molar-refractivity contribution in [1.82, 2.24) is 10.6 Å². The fourth-order valence-corrected chi connectivity index (χ4v) is 3.51. The number of ketones is 1. The van der Waals surface area contributed by atoms with Crippen molar-refractivity contribution in [2.24, 2.45) is 5.92 Å². The molecule has 0 aromatic heterocycles. The van der Waals surface area contributed by atoms with Crippen LogP contribution in [0.5, 0.6) is 11.5 Å². The highest BCUT2D eigenvalue weighted by Gasteiger charge is 2.66. The topological polar surface area (TPSA) is 108 Å². The molecule has 1 saturated heterocycles. The summed E-state index contributed by atoms with van der Waals surface area (Å²) in [6.45, 7) is 3.55. The van der Waals surface area contributed by atoms with E-state index in [4.69, 9.17) is 4.74 Å². The number of hydrogen-bond acceptors (Lipinski definition) is 5. The number of alkyl halides is 3. The maximum absolute atomic E-state index is 13.9. The number of aryl methyl sites for hydroxylation is 1. The van der Waals surface area contributed by atoms with E-state index in [0.29, 0.717) is 0 Å². The minimum atomic E-state index is -5.35. The van der Waals surface area contributed by atoms with Gasteiger partial charge < -0.3 is 25.6 Å². The van der Waals surface area contributed by atoms with Gasteiger partial charge in [-0.3, -0.25) is 4.79 Å². The molecule has 0 aliphatic carbocycles. The maximum Gasteiger partial charge on any atom is 0.437 e. The quantitative estimate of drug-likeness (QED) is 0.537. The number of carbonyl (C=O) groups is 2. The highest BCUT2D eigenvalue weighted by atomic mass is 19.4. The van der Waals surface area contributed by atoms with Gasteiger partial charge in [0.1, 0.15) is 5.92 Å². The van der Waals surface area contributed by atoms with E-state index in [9.17, 15) is 33.0 Å². The molecule has 2 amide bonds. The predicted molar refractivity (Wildman–Crippen MR) is 104 cm³/mol. The van der Waals surface area contributed by atoms with Crippen molar-refractivity contribution < 1.29 is 37.7 Å². The molecule has 10 heteroatoms. The van der Waals surface area contributed by atoms with E-state index < -0.39 is 35.7 Å². The number of Topliss-reactive ketones (excluding diaryl/α,β-unsaturated/α-hetero) is 1. The Kier molecular flexibility index (Phi) is 5.86. The number of hydrogen-bond donors (Lipinski definition) is 4. The first-order chi connectivity index (χ1) is 14.5. The molecule has 0 spiro atoms. The van der Waals surface area contributed by atoms with E-state index in [2.05, 4.69) is 5.32 Å². The van der Waals surface area contributed by atoms with Crippen LogP contribution in [0.1, 0.15) is 34.5 Å². The fourth-order valence-electron chi connectivity index (χ4n) is 3.51. The number of carbonyl (C=O) groups excluding carboxylic acids is 2. The lowest BCUT2D eigenvalue weighted by molar-refractivity contribution is -0.287. The summed E-state index contributed by atoms with van der Waals surface area (Å²) in [6.07, 6.45) is -5.35. The van der Waals surface area contributed by atoms with Crippen LogP contribution < -0.4 is 15.4 Å². The maximum atomic E-state index is 13.9. The number of phenolic OH excluding ortho intramolecular Hbond substituents is 1. The number of nitrogens with one attached hydrogen (secondary N) is 2. The van der Waals surface area contributed by atoms with Gasteiger partial charge in [-0.15, -0.1) is 0 Å². The van der Waals surface area contributed by atoms with Crippen LogP contribution in [0.4, 0.5) is 18.0 Å². The molecule has 1 heterocycles. The Labute approximate surface area is 175 Å². The van der Waals surface area contributed by atoms with Crippen LogP contribution in [0.15, 0.2) is 42.5 Å². The molecular formula is C21H21F3N2O5. The zero-order chi connectivity index (χ0) is 23.0. The molecule has 1 fully saturated rings. The first kappa shape index (κ1) is 22.4. The van der Waals surface area contributed by atoms with Gasteiger partial charge >= 0.3 is 12.2 Å². The van der Waals surface area contributed by atoms with Gasteiger partial charge in [0.05, 0.1) is 12.6 Å². The molecule has 31 heavy (non-hydrogen) atoms. The number of phenols is 1. The average molecular weight is 438 g/mol. The van der Waals surface area contributed by atoms with Gasteiger partial charge in [0.2, 0.25) is 5.72 Å². The van der Waals surface area contributed by atoms with Gasteiger partial charge in [0.15, 0.2) is 17.3 Å². The molecule has 3 atom stereocenters. The molecule has 1 aliphatic rings. The molecule has 0 radical (unpaired) electrons. The largest absolute Gasteiger partial charge is 0.504 e. The molecule has 1 aliphatic heterocycles. The zero-order valence-electron chi connectivity index (χ0n) is 16.7. The Hall–Kier alpha value is -3.27. The van der Waals surface area contributed by atoms with Crippen molar-refractivity contribution in [1.29, 1.82) is 0 Å². The van der Waals surface area contributed by atoms with Crippen LogP contribution in [-0.2, 0) is 0 Å². The number of aromatic hydroxyl groups is 1. The Morgan fingerprint density at radius 2 is 1.84 bits per heavy atom. The molecule has 0 bridgehead atoms. The van der Waals surface area contributed by atoms with Gasteiger partial charge in [0, 0.05) is 5.56 Å². The molecule has 3 rings (SSSR count). The van der Waals surface area contributed by atoms with E-state index >= 15 is 0 Å². The standard InChI is InChI=1S/C21H21F3N2O5/c1-3-31-15-10-13(8-9-14(15)27)17-16(18(28)12-6-4-11(2)5-7-12)20(30,21(22,23)24)26-19(29)25-17/h4-10,16-17,27,30H,3H2,1-2H3,(H2,25,26,29)/t16-,17-,20-/m0/s1. The Bertz CT molecular complexity index is 993. The van der Waals surface area contributed by atoms with Gasteiger partial charge in [-0.2, -0.15) is 13.2 Å². The number of benzene rings is 2. The highest BCUT2D eigenvalue weighted by molar-refractivity contribution is 6.00. The summed E-state index contributed by atoms with van der Waals surface area (Å²) in [7, 11) is 0. The molecule has 2 aromatic carbocycles. The second kappa shape index (κ2) is 8.10. The third kappa shape index (κ3) is 4.15. The van der Waals surface area contributed by atoms with Gasteiger partial charge in [0.25, 0.3) is 0 Å². The first-order valence-corrected chi connectivity index (χ1v) is 9.42. The SMILES string of the molecule is CCOc1cc([C@@H]2NC(=O)N[C@@](O)(C(F)(F)F)[C@@H]2C(=O)c2ccc(C)cc2)ccc1O. The number of urea groups is 1. The molecular weight excluding hydrogens is 417 g/mol. The van der Waals surface area contributed by atoms with Crippen LogP contribution >= 0.6 is 0 Å². The predicted octanol–water partition coefficient (Wildman–Crippen LogP) is 3.20. The van der Waals surface area contributed by atoms with Crippen LogP contribution in [0, 0.1) is 12.8 Å². The summed E-state index contributed by atoms with van der Waals surface area (Å²) in [4.78, 5) is 25.3. The molecule has 0 unspecified atom stereocenters. The van der Waals surface area contributed by atoms with Crippen molar-refractivity contribution in [3.05, 3.63) is 59.2 Å². The van der Waals surface area contributed by atoms with Crippen molar-refractivity contribution in [2.75, 3.05) is 6.61 Å². The lowest BCUT2D eigenvalue weighted by Crippen LogP contribution is -2.72. The fraction of sp³-hybridized carbons (Fsp3) is 0.333. The monoisotopic (exact) mass is 438 g/mol. The average Bonchev–Trinajstić information content (AvgIpc) is 2.68. The van der Waals surface area contributed by atoms with E-state index in [0.717, 1.165) is 5.56 Å². The van der Waals surface area contributed by atoms with Crippen molar-refractivity contribution in [3.8, 4) is 11.5 Å². The van der Waals surface area contributed by atoms with Gasteiger partial charge in [-0.05, 0) is 31.5 Å². The van der Waals surface area contributed by atoms with E-state index in [1.54, 1.807) is 26.0 Å². The van der Waals surface area contributed by atoms with Gasteiger partial charge in [-0.25, -0.2) is 4.79 Å². The molecule has 166 valence electrons. The summed E-state index contributed by atoms with van der Waals surface area (Å²) in [6, 6.07) is 6.60. The lowest BCUT2D eigenvalue weighted by Gasteiger charge is -2.45. The van der Waals surface area contributed by atoms with Crippen LogP contribution in [0.25, 0.3) is 0 Å². The van der Waals surface area contributed by atoms with E-state index in [1.807, 2.05) is 0 Å². The van der Waals surface area contributed by atoms with Crippen molar-refractivity contribution in [3.63, 3.8) is 0 Å². The molecule has 4 N–H and O–H groups in total. The van der Waals surface area contributed by atoms with Crippen LogP contribution in [-0.4, -0.2) is 40.5 Å². The van der Waals surface area contributed by atoms with Gasteiger partial charge in [-0.1, -0.05) is 35.9 Å². The minimum absolute atomic E-state index is 0.0372. The number of ether oxygens (including phenoxy) is 1. The van der Waals surface area contributed by atoms with Crippen molar-refractivity contribution in [2.45, 2.75) is 31.8 Å². The summed E-state index contributed by atoms with van der Waals surface area (Å²) in [5.74, 6) is -3.49. The minimum Gasteiger partial charge on any atom is -0.504 e. The number of rotatable bonds is 5. The summed E-state index contributed by atoms with van der Waals surface area (Å²) in [5, 5.41) is 24.3. The Morgan fingerprint density at radius 3 is 2.42 bits per heavy atom. The molecule has 7 nitrogen and oxygen atoms in total. The normalized spacial score (nSPS) is 23.6. The zero-order valence-corrected chi connectivity index (χ0v) is 16.7. The number of halogens is 3. The van der Waals surface area contributed by atoms with E-state index in [1.165, 1.54) is 35.6 Å². The van der Waals surface area contributed by atoms with Crippen LogP contribution in [0.2, 0.25) is 0 Å². The molecule has 2 aromatic rings. The van der Waals surface area contributed by atoms with E-state index in [-0.39, 0.29) is 29.2 Å². The summed E-state index contributed by atoms with van der Waals surface area (Å²) < 4.78 is 47.1. The smallest absolute Gasteiger partial charge is 0.437 e. The highest BCUT2D eigenvalue weighted by Crippen LogP contribution is 2.45. The summed E-state index contributed by atoms with van der Waals surface area (Å²) >= 11 is 0. The number of amides is 2. The number of aliphatic hydroxyl groups is 1.